The van der Waals surface area contributed by atoms with Crippen LogP contribution in [0.3, 0.4) is 0 Å². The number of aromatic nitrogens is 1. The van der Waals surface area contributed by atoms with Crippen molar-refractivity contribution in [3.8, 4) is 0 Å². The number of aryl methyl sites for hydroxylation is 1. The number of carbonyl (C=O) groups excluding carboxylic acids is 1. The van der Waals surface area contributed by atoms with Gasteiger partial charge >= 0.3 is 0 Å². The molecule has 0 aliphatic heterocycles. The number of hydrogen-bond acceptors (Lipinski definition) is 3. The quantitative estimate of drug-likeness (QED) is 0.686. The van der Waals surface area contributed by atoms with Gasteiger partial charge in [-0.3, -0.25) is 4.79 Å². The Hall–Kier alpha value is -2.85. The van der Waals surface area contributed by atoms with Gasteiger partial charge in [0.2, 0.25) is 0 Å². The van der Waals surface area contributed by atoms with Crippen molar-refractivity contribution in [3.05, 3.63) is 88.6 Å². The number of anilines is 2. The molecule has 0 aliphatic rings. The molecule has 0 saturated carbocycles. The Balaban J connectivity index is 1.66. The van der Waals surface area contributed by atoms with Crippen LogP contribution in [0.1, 0.15) is 21.5 Å². The van der Waals surface area contributed by atoms with Crippen LogP contribution in [0.4, 0.5) is 11.5 Å². The molecule has 0 atom stereocenters. The van der Waals surface area contributed by atoms with Crippen molar-refractivity contribution in [2.45, 2.75) is 13.5 Å². The summed E-state index contributed by atoms with van der Waals surface area (Å²) in [6.45, 7) is 2.71. The van der Waals surface area contributed by atoms with E-state index < -0.39 is 0 Å². The van der Waals surface area contributed by atoms with E-state index in [1.807, 2.05) is 6.07 Å². The number of pyridine rings is 1. The van der Waals surface area contributed by atoms with Gasteiger partial charge in [0.1, 0.15) is 5.82 Å². The van der Waals surface area contributed by atoms with E-state index in [1.54, 1.807) is 42.6 Å². The van der Waals surface area contributed by atoms with Gasteiger partial charge in [-0.05, 0) is 48.9 Å². The predicted octanol–water partition coefficient (Wildman–Crippen LogP) is 4.91. The van der Waals surface area contributed by atoms with Crippen LogP contribution in [0.25, 0.3) is 0 Å². The summed E-state index contributed by atoms with van der Waals surface area (Å²) in [6, 6.07) is 18.7. The lowest BCUT2D eigenvalue weighted by Gasteiger charge is -2.09. The minimum atomic E-state index is -0.191. The van der Waals surface area contributed by atoms with Crippen LogP contribution in [0.15, 0.2) is 66.9 Å². The zero-order valence-electron chi connectivity index (χ0n) is 13.8. The Labute approximate surface area is 151 Å². The highest BCUT2D eigenvalue weighted by Gasteiger charge is 2.07. The summed E-state index contributed by atoms with van der Waals surface area (Å²) in [5.74, 6) is 0.466. The molecular weight excluding hydrogens is 334 g/mol. The fourth-order valence-electron chi connectivity index (χ4n) is 2.42. The van der Waals surface area contributed by atoms with E-state index in [1.165, 1.54) is 5.56 Å². The molecule has 3 rings (SSSR count). The monoisotopic (exact) mass is 351 g/mol. The van der Waals surface area contributed by atoms with Crippen molar-refractivity contribution >= 4 is 29.0 Å². The van der Waals surface area contributed by atoms with Crippen molar-refractivity contribution < 1.29 is 4.79 Å². The zero-order valence-corrected chi connectivity index (χ0v) is 14.5. The molecule has 25 heavy (non-hydrogen) atoms. The molecule has 3 aromatic rings. The third-order valence-corrected chi connectivity index (χ3v) is 3.93. The Bertz CT molecular complexity index is 878. The van der Waals surface area contributed by atoms with Crippen LogP contribution in [0, 0.1) is 6.92 Å². The Morgan fingerprint density at radius 2 is 1.88 bits per heavy atom. The third kappa shape index (κ3) is 4.81. The number of amides is 1. The lowest BCUT2D eigenvalue weighted by molar-refractivity contribution is 0.102. The van der Waals surface area contributed by atoms with Crippen molar-refractivity contribution in [3.63, 3.8) is 0 Å². The van der Waals surface area contributed by atoms with Gasteiger partial charge in [0.05, 0.1) is 0 Å². The fraction of sp³-hybridized carbons (Fsp3) is 0.100. The molecule has 0 radical (unpaired) electrons. The highest BCUT2D eigenvalue weighted by atomic mass is 35.5. The average Bonchev–Trinajstić information content (AvgIpc) is 2.62. The van der Waals surface area contributed by atoms with E-state index in [9.17, 15) is 4.79 Å². The van der Waals surface area contributed by atoms with E-state index >= 15 is 0 Å². The van der Waals surface area contributed by atoms with Crippen LogP contribution in [0.2, 0.25) is 5.02 Å². The summed E-state index contributed by atoms with van der Waals surface area (Å²) in [5.41, 5.74) is 3.61. The van der Waals surface area contributed by atoms with E-state index in [-0.39, 0.29) is 5.91 Å². The summed E-state index contributed by atoms with van der Waals surface area (Å²) in [7, 11) is 0. The minimum Gasteiger partial charge on any atom is -0.366 e. The van der Waals surface area contributed by atoms with Gasteiger partial charge in [-0.2, -0.15) is 0 Å². The number of carbonyl (C=O) groups is 1. The first-order chi connectivity index (χ1) is 12.1. The molecule has 126 valence electrons. The van der Waals surface area contributed by atoms with Crippen LogP contribution < -0.4 is 10.6 Å². The molecule has 1 aromatic heterocycles. The first-order valence-electron chi connectivity index (χ1n) is 7.92. The standard InChI is InChI=1S/C20H18ClN3O/c1-14-3-2-4-15(11-14)13-23-19-12-16(9-10-22-19)20(25)24-18-7-5-17(21)6-8-18/h2-12H,13H2,1H3,(H,22,23)(H,24,25). The topological polar surface area (TPSA) is 54.0 Å². The molecular formula is C20H18ClN3O. The second-order valence-corrected chi connectivity index (χ2v) is 6.17. The maximum atomic E-state index is 12.4. The van der Waals surface area contributed by atoms with Gasteiger partial charge in [-0.25, -0.2) is 4.98 Å². The average molecular weight is 352 g/mol. The summed E-state index contributed by atoms with van der Waals surface area (Å²) < 4.78 is 0. The molecule has 2 aromatic carbocycles. The SMILES string of the molecule is Cc1cccc(CNc2cc(C(=O)Nc3ccc(Cl)cc3)ccn2)c1. The predicted molar refractivity (Wildman–Crippen MR) is 102 cm³/mol. The molecule has 0 fully saturated rings. The van der Waals surface area contributed by atoms with Gasteiger partial charge < -0.3 is 10.6 Å². The van der Waals surface area contributed by atoms with Crippen LogP contribution >= 0.6 is 11.6 Å². The molecule has 4 nitrogen and oxygen atoms in total. The molecule has 0 saturated heterocycles. The van der Waals surface area contributed by atoms with Gasteiger partial charge in [0, 0.05) is 29.0 Å². The maximum absolute atomic E-state index is 12.4. The van der Waals surface area contributed by atoms with Crippen molar-refractivity contribution in [1.82, 2.24) is 4.98 Å². The van der Waals surface area contributed by atoms with Crippen LogP contribution in [-0.2, 0) is 6.54 Å². The summed E-state index contributed by atoms with van der Waals surface area (Å²) in [5, 5.41) is 6.72. The number of rotatable bonds is 5. The highest BCUT2D eigenvalue weighted by molar-refractivity contribution is 6.30. The summed E-state index contributed by atoms with van der Waals surface area (Å²) in [6.07, 6.45) is 1.62. The number of nitrogens with one attached hydrogen (secondary N) is 2. The number of halogens is 1. The van der Waals surface area contributed by atoms with Crippen LogP contribution in [0.5, 0.6) is 0 Å². The van der Waals surface area contributed by atoms with Crippen molar-refractivity contribution in [2.75, 3.05) is 10.6 Å². The molecule has 0 spiro atoms. The van der Waals surface area contributed by atoms with E-state index in [0.717, 1.165) is 5.56 Å². The lowest BCUT2D eigenvalue weighted by atomic mass is 10.1. The molecule has 0 unspecified atom stereocenters. The third-order valence-electron chi connectivity index (χ3n) is 3.68. The van der Waals surface area contributed by atoms with E-state index in [0.29, 0.717) is 28.6 Å². The molecule has 2 N–H and O–H groups in total. The fourth-order valence-corrected chi connectivity index (χ4v) is 2.55. The maximum Gasteiger partial charge on any atom is 0.255 e. The van der Waals surface area contributed by atoms with Gasteiger partial charge in [-0.1, -0.05) is 41.4 Å². The Morgan fingerprint density at radius 3 is 2.64 bits per heavy atom. The lowest BCUT2D eigenvalue weighted by Crippen LogP contribution is -2.12. The molecule has 0 aliphatic carbocycles. The molecule has 1 amide bonds. The normalized spacial score (nSPS) is 10.3. The number of nitrogens with zero attached hydrogens (tertiary/aromatic N) is 1. The first kappa shape index (κ1) is 17.0. The largest absolute Gasteiger partial charge is 0.366 e. The smallest absolute Gasteiger partial charge is 0.255 e. The molecule has 1 heterocycles. The van der Waals surface area contributed by atoms with Crippen molar-refractivity contribution in [2.24, 2.45) is 0 Å². The van der Waals surface area contributed by atoms with E-state index in [4.69, 9.17) is 11.6 Å². The summed E-state index contributed by atoms with van der Waals surface area (Å²) in [4.78, 5) is 16.6. The Morgan fingerprint density at radius 1 is 1.08 bits per heavy atom. The summed E-state index contributed by atoms with van der Waals surface area (Å²) >= 11 is 5.85. The number of benzene rings is 2. The molecule has 5 heteroatoms. The first-order valence-corrected chi connectivity index (χ1v) is 8.30. The second-order valence-electron chi connectivity index (χ2n) is 5.73. The van der Waals surface area contributed by atoms with E-state index in [2.05, 4.69) is 40.7 Å². The Kier molecular flexibility index (Phi) is 5.31. The van der Waals surface area contributed by atoms with Gasteiger partial charge in [0.15, 0.2) is 0 Å². The second kappa shape index (κ2) is 7.81. The van der Waals surface area contributed by atoms with Gasteiger partial charge in [-0.15, -0.1) is 0 Å². The molecule has 0 bridgehead atoms. The van der Waals surface area contributed by atoms with Crippen molar-refractivity contribution in [1.29, 1.82) is 0 Å². The van der Waals surface area contributed by atoms with Crippen LogP contribution in [-0.4, -0.2) is 10.9 Å². The number of hydrogen-bond donors (Lipinski definition) is 2. The minimum absolute atomic E-state index is 0.191. The van der Waals surface area contributed by atoms with Gasteiger partial charge in [0.25, 0.3) is 5.91 Å². The zero-order chi connectivity index (χ0) is 17.6. The highest BCUT2D eigenvalue weighted by Crippen LogP contribution is 2.16.